The SMILES string of the molecule is CCC1NC(c2ccccc2)C(=O)N1CCN1CCCC1. The number of carbonyl (C=O) groups excluding carboxylic acids is 1. The number of likely N-dealkylation sites (tertiary alicyclic amines) is 1. The van der Waals surface area contributed by atoms with E-state index in [1.54, 1.807) is 0 Å². The highest BCUT2D eigenvalue weighted by Crippen LogP contribution is 2.25. The Morgan fingerprint density at radius 1 is 1.14 bits per heavy atom. The number of nitrogens with one attached hydrogen (secondary N) is 1. The molecule has 0 aliphatic carbocycles. The van der Waals surface area contributed by atoms with Crippen molar-refractivity contribution in [1.82, 2.24) is 15.1 Å². The van der Waals surface area contributed by atoms with E-state index in [0.29, 0.717) is 0 Å². The van der Waals surface area contributed by atoms with Crippen LogP contribution in [0.5, 0.6) is 0 Å². The Morgan fingerprint density at radius 2 is 1.86 bits per heavy atom. The fraction of sp³-hybridized carbons (Fsp3) is 0.588. The van der Waals surface area contributed by atoms with Gasteiger partial charge in [0.2, 0.25) is 5.91 Å². The molecule has 1 N–H and O–H groups in total. The van der Waals surface area contributed by atoms with Crippen molar-refractivity contribution in [1.29, 1.82) is 0 Å². The Hall–Kier alpha value is -1.39. The summed E-state index contributed by atoms with van der Waals surface area (Å²) in [7, 11) is 0. The molecule has 2 heterocycles. The minimum Gasteiger partial charge on any atom is -0.324 e. The van der Waals surface area contributed by atoms with Crippen LogP contribution in [0.4, 0.5) is 0 Å². The summed E-state index contributed by atoms with van der Waals surface area (Å²) in [4.78, 5) is 17.2. The number of hydrogen-bond acceptors (Lipinski definition) is 3. The van der Waals surface area contributed by atoms with Gasteiger partial charge >= 0.3 is 0 Å². The molecule has 3 rings (SSSR count). The van der Waals surface area contributed by atoms with Gasteiger partial charge in [0.1, 0.15) is 6.04 Å². The third-order valence-electron chi connectivity index (χ3n) is 4.64. The van der Waals surface area contributed by atoms with Crippen LogP contribution in [0.3, 0.4) is 0 Å². The number of amides is 1. The van der Waals surface area contributed by atoms with Gasteiger partial charge in [-0.2, -0.15) is 0 Å². The van der Waals surface area contributed by atoms with Crippen molar-refractivity contribution in [3.63, 3.8) is 0 Å². The summed E-state index contributed by atoms with van der Waals surface area (Å²) in [6, 6.07) is 9.88. The Morgan fingerprint density at radius 3 is 2.52 bits per heavy atom. The Kier molecular flexibility index (Phi) is 4.56. The molecule has 4 nitrogen and oxygen atoms in total. The van der Waals surface area contributed by atoms with Crippen molar-refractivity contribution in [2.45, 2.75) is 38.4 Å². The predicted octanol–water partition coefficient (Wildman–Crippen LogP) is 1.99. The largest absolute Gasteiger partial charge is 0.324 e. The molecule has 2 saturated heterocycles. The quantitative estimate of drug-likeness (QED) is 0.899. The number of nitrogens with zero attached hydrogens (tertiary/aromatic N) is 2. The second kappa shape index (κ2) is 6.58. The van der Waals surface area contributed by atoms with Gasteiger partial charge in [-0.25, -0.2) is 0 Å². The first-order valence-corrected chi connectivity index (χ1v) is 8.13. The molecule has 2 unspecified atom stereocenters. The van der Waals surface area contributed by atoms with Gasteiger partial charge in [0.25, 0.3) is 0 Å². The molecule has 4 heteroatoms. The Labute approximate surface area is 127 Å². The molecule has 1 aromatic carbocycles. The molecular formula is C17H25N3O. The van der Waals surface area contributed by atoms with E-state index in [2.05, 4.69) is 17.1 Å². The number of benzene rings is 1. The van der Waals surface area contributed by atoms with Crippen LogP contribution >= 0.6 is 0 Å². The van der Waals surface area contributed by atoms with Crippen molar-refractivity contribution in [2.24, 2.45) is 0 Å². The molecular weight excluding hydrogens is 262 g/mol. The van der Waals surface area contributed by atoms with Gasteiger partial charge in [0, 0.05) is 13.1 Å². The number of carbonyl (C=O) groups is 1. The third-order valence-corrected chi connectivity index (χ3v) is 4.64. The second-order valence-electron chi connectivity index (χ2n) is 6.01. The molecule has 21 heavy (non-hydrogen) atoms. The van der Waals surface area contributed by atoms with Crippen LogP contribution in [0.15, 0.2) is 30.3 Å². The van der Waals surface area contributed by atoms with Gasteiger partial charge in [-0.3, -0.25) is 10.1 Å². The van der Waals surface area contributed by atoms with Crippen LogP contribution in [0.1, 0.15) is 37.8 Å². The van der Waals surface area contributed by atoms with Gasteiger partial charge < -0.3 is 9.80 Å². The average Bonchev–Trinajstić information content (AvgIpc) is 3.14. The van der Waals surface area contributed by atoms with Crippen LogP contribution in [0, 0.1) is 0 Å². The maximum absolute atomic E-state index is 12.7. The van der Waals surface area contributed by atoms with Crippen molar-refractivity contribution in [3.8, 4) is 0 Å². The monoisotopic (exact) mass is 287 g/mol. The normalized spacial score (nSPS) is 26.7. The first kappa shape index (κ1) is 14.5. The molecule has 2 fully saturated rings. The number of hydrogen-bond donors (Lipinski definition) is 1. The topological polar surface area (TPSA) is 35.6 Å². The molecule has 2 aliphatic rings. The van der Waals surface area contributed by atoms with Gasteiger partial charge in [-0.1, -0.05) is 37.3 Å². The molecule has 0 aromatic heterocycles. The first-order chi connectivity index (χ1) is 10.3. The van der Waals surface area contributed by atoms with Crippen LogP contribution in [-0.4, -0.2) is 48.1 Å². The highest BCUT2D eigenvalue weighted by Gasteiger charge is 2.38. The molecule has 0 bridgehead atoms. The van der Waals surface area contributed by atoms with Gasteiger partial charge in [-0.05, 0) is 37.9 Å². The van der Waals surface area contributed by atoms with Crippen LogP contribution in [-0.2, 0) is 4.79 Å². The average molecular weight is 287 g/mol. The van der Waals surface area contributed by atoms with E-state index in [1.807, 2.05) is 35.2 Å². The summed E-state index contributed by atoms with van der Waals surface area (Å²) < 4.78 is 0. The lowest BCUT2D eigenvalue weighted by molar-refractivity contribution is -0.130. The van der Waals surface area contributed by atoms with Crippen LogP contribution in [0.2, 0.25) is 0 Å². The Balaban J connectivity index is 1.66. The summed E-state index contributed by atoms with van der Waals surface area (Å²) in [6.07, 6.45) is 3.73. The second-order valence-corrected chi connectivity index (χ2v) is 6.01. The zero-order valence-electron chi connectivity index (χ0n) is 12.8. The minimum atomic E-state index is -0.172. The van der Waals surface area contributed by atoms with Crippen LogP contribution < -0.4 is 5.32 Å². The molecule has 0 spiro atoms. The maximum Gasteiger partial charge on any atom is 0.245 e. The van der Waals surface area contributed by atoms with Gasteiger partial charge in [0.15, 0.2) is 0 Å². The van der Waals surface area contributed by atoms with E-state index in [4.69, 9.17) is 0 Å². The highest BCUT2D eigenvalue weighted by atomic mass is 16.2. The summed E-state index contributed by atoms with van der Waals surface area (Å²) in [5.41, 5.74) is 1.07. The zero-order chi connectivity index (χ0) is 14.7. The third kappa shape index (κ3) is 3.11. The summed E-state index contributed by atoms with van der Waals surface area (Å²) in [5.74, 6) is 0.229. The van der Waals surface area contributed by atoms with Gasteiger partial charge in [-0.15, -0.1) is 0 Å². The van der Waals surface area contributed by atoms with E-state index < -0.39 is 0 Å². The summed E-state index contributed by atoms with van der Waals surface area (Å²) in [5, 5.41) is 3.49. The molecule has 1 amide bonds. The van der Waals surface area contributed by atoms with Gasteiger partial charge in [0.05, 0.1) is 6.17 Å². The van der Waals surface area contributed by atoms with Crippen molar-refractivity contribution in [2.75, 3.05) is 26.2 Å². The van der Waals surface area contributed by atoms with Crippen molar-refractivity contribution >= 4 is 5.91 Å². The van der Waals surface area contributed by atoms with E-state index >= 15 is 0 Å². The summed E-state index contributed by atoms with van der Waals surface area (Å²) in [6.45, 7) is 6.36. The standard InChI is InChI=1S/C17H25N3O/c1-2-15-18-16(14-8-4-3-5-9-14)17(21)20(15)13-12-19-10-6-7-11-19/h3-5,8-9,15-16,18H,2,6-7,10-13H2,1H3. The van der Waals surface area contributed by atoms with Crippen LogP contribution in [0.25, 0.3) is 0 Å². The highest BCUT2D eigenvalue weighted by molar-refractivity contribution is 5.85. The van der Waals surface area contributed by atoms with E-state index in [0.717, 1.165) is 25.1 Å². The van der Waals surface area contributed by atoms with E-state index in [-0.39, 0.29) is 18.1 Å². The molecule has 2 aliphatic heterocycles. The molecule has 2 atom stereocenters. The lowest BCUT2D eigenvalue weighted by Gasteiger charge is -2.25. The fourth-order valence-electron chi connectivity index (χ4n) is 3.42. The Bertz CT molecular complexity index is 470. The molecule has 114 valence electrons. The zero-order valence-corrected chi connectivity index (χ0v) is 12.8. The molecule has 1 aromatic rings. The van der Waals surface area contributed by atoms with E-state index in [9.17, 15) is 4.79 Å². The number of rotatable bonds is 5. The predicted molar refractivity (Wildman–Crippen MR) is 83.8 cm³/mol. The first-order valence-electron chi connectivity index (χ1n) is 8.13. The smallest absolute Gasteiger partial charge is 0.245 e. The minimum absolute atomic E-state index is 0.172. The summed E-state index contributed by atoms with van der Waals surface area (Å²) >= 11 is 0. The molecule has 0 saturated carbocycles. The lowest BCUT2D eigenvalue weighted by Crippen LogP contribution is -2.41. The van der Waals surface area contributed by atoms with Crippen molar-refractivity contribution < 1.29 is 4.79 Å². The van der Waals surface area contributed by atoms with Crippen molar-refractivity contribution in [3.05, 3.63) is 35.9 Å². The maximum atomic E-state index is 12.7. The van der Waals surface area contributed by atoms with E-state index in [1.165, 1.54) is 25.9 Å². The lowest BCUT2D eigenvalue weighted by atomic mass is 10.1. The fourth-order valence-corrected chi connectivity index (χ4v) is 3.42. The molecule has 0 radical (unpaired) electrons.